The maximum absolute atomic E-state index is 2.37. The van der Waals surface area contributed by atoms with Gasteiger partial charge in [0, 0.05) is 20.2 Å². The number of rotatable bonds is 2. The first-order valence-corrected chi connectivity index (χ1v) is 9.06. The topological polar surface area (TPSA) is 0 Å². The number of fused-ring (bicyclic) bond motifs is 4. The molecule has 4 aromatic carbocycles. The van der Waals surface area contributed by atoms with Gasteiger partial charge in [-0.25, -0.2) is 0 Å². The third-order valence-electron chi connectivity index (χ3n) is 4.65. The molecule has 0 fully saturated rings. The molecular weight excluding hydrogens is 308 g/mol. The van der Waals surface area contributed by atoms with Gasteiger partial charge < -0.3 is 0 Å². The standard InChI is InChI=1S/C23H16S/c1-2-6-16(7-3-1)12-17-10-11-22-20(13-17)21-14-18-8-4-5-9-19(18)15-23(21)24-22/h1-11,13-15H,12H2. The highest BCUT2D eigenvalue weighted by Crippen LogP contribution is 2.37. The van der Waals surface area contributed by atoms with Crippen LogP contribution in [-0.4, -0.2) is 0 Å². The molecule has 0 atom stereocenters. The van der Waals surface area contributed by atoms with E-state index in [2.05, 4.69) is 84.9 Å². The van der Waals surface area contributed by atoms with Crippen molar-refractivity contribution in [1.82, 2.24) is 0 Å². The van der Waals surface area contributed by atoms with Crippen molar-refractivity contribution in [2.24, 2.45) is 0 Å². The molecule has 5 rings (SSSR count). The molecule has 1 aromatic heterocycles. The highest BCUT2D eigenvalue weighted by atomic mass is 32.1. The second-order valence-corrected chi connectivity index (χ2v) is 7.37. The molecule has 0 N–H and O–H groups in total. The van der Waals surface area contributed by atoms with Crippen molar-refractivity contribution in [1.29, 1.82) is 0 Å². The Balaban J connectivity index is 1.70. The lowest BCUT2D eigenvalue weighted by molar-refractivity contribution is 1.20. The highest BCUT2D eigenvalue weighted by molar-refractivity contribution is 7.25. The monoisotopic (exact) mass is 324 g/mol. The van der Waals surface area contributed by atoms with Gasteiger partial charge in [-0.05, 0) is 52.6 Å². The molecule has 0 nitrogen and oxygen atoms in total. The molecule has 0 aliphatic heterocycles. The average molecular weight is 324 g/mol. The van der Waals surface area contributed by atoms with E-state index in [1.807, 2.05) is 11.3 Å². The van der Waals surface area contributed by atoms with Crippen LogP contribution in [0.4, 0.5) is 0 Å². The zero-order valence-electron chi connectivity index (χ0n) is 13.2. The van der Waals surface area contributed by atoms with E-state index in [1.165, 1.54) is 42.1 Å². The molecule has 24 heavy (non-hydrogen) atoms. The molecule has 114 valence electrons. The maximum Gasteiger partial charge on any atom is 0.0361 e. The van der Waals surface area contributed by atoms with Crippen molar-refractivity contribution in [3.8, 4) is 0 Å². The Morgan fingerprint density at radius 2 is 1.25 bits per heavy atom. The first kappa shape index (κ1) is 13.8. The summed E-state index contributed by atoms with van der Waals surface area (Å²) in [5.74, 6) is 0. The number of hydrogen-bond donors (Lipinski definition) is 0. The van der Waals surface area contributed by atoms with E-state index in [1.54, 1.807) is 0 Å². The van der Waals surface area contributed by atoms with Crippen molar-refractivity contribution < 1.29 is 0 Å². The fourth-order valence-electron chi connectivity index (χ4n) is 3.45. The Hall–Kier alpha value is -2.64. The van der Waals surface area contributed by atoms with Crippen LogP contribution in [0.15, 0.2) is 84.9 Å². The molecule has 0 saturated heterocycles. The summed E-state index contributed by atoms with van der Waals surface area (Å²) in [6.07, 6.45) is 0.988. The number of thiophene rings is 1. The van der Waals surface area contributed by atoms with E-state index in [-0.39, 0.29) is 0 Å². The third kappa shape index (κ3) is 2.29. The lowest BCUT2D eigenvalue weighted by Crippen LogP contribution is -1.86. The fourth-order valence-corrected chi connectivity index (χ4v) is 4.57. The van der Waals surface area contributed by atoms with Gasteiger partial charge >= 0.3 is 0 Å². The molecule has 0 aliphatic carbocycles. The molecule has 0 amide bonds. The fraction of sp³-hybridized carbons (Fsp3) is 0.0435. The second kappa shape index (κ2) is 5.47. The Labute approximate surface area is 145 Å². The summed E-state index contributed by atoms with van der Waals surface area (Å²) in [4.78, 5) is 0. The molecule has 0 aliphatic rings. The van der Waals surface area contributed by atoms with Crippen LogP contribution in [0.25, 0.3) is 30.9 Å². The predicted octanol–water partition coefficient (Wildman–Crippen LogP) is 6.80. The van der Waals surface area contributed by atoms with Crippen LogP contribution in [0.1, 0.15) is 11.1 Å². The van der Waals surface area contributed by atoms with E-state index >= 15 is 0 Å². The summed E-state index contributed by atoms with van der Waals surface area (Å²) >= 11 is 1.89. The van der Waals surface area contributed by atoms with Crippen LogP contribution in [0.2, 0.25) is 0 Å². The summed E-state index contributed by atoms with van der Waals surface area (Å²) in [7, 11) is 0. The van der Waals surface area contributed by atoms with Crippen LogP contribution in [0.3, 0.4) is 0 Å². The van der Waals surface area contributed by atoms with Gasteiger partial charge in [-0.3, -0.25) is 0 Å². The van der Waals surface area contributed by atoms with Crippen LogP contribution in [0, 0.1) is 0 Å². The van der Waals surface area contributed by atoms with Crippen molar-refractivity contribution in [2.45, 2.75) is 6.42 Å². The van der Waals surface area contributed by atoms with Gasteiger partial charge in [0.2, 0.25) is 0 Å². The zero-order chi connectivity index (χ0) is 15.9. The minimum atomic E-state index is 0.988. The Kier molecular flexibility index (Phi) is 3.14. The van der Waals surface area contributed by atoms with Gasteiger partial charge in [-0.15, -0.1) is 11.3 Å². The van der Waals surface area contributed by atoms with Crippen LogP contribution in [-0.2, 0) is 6.42 Å². The van der Waals surface area contributed by atoms with Gasteiger partial charge in [0.15, 0.2) is 0 Å². The predicted molar refractivity (Wildman–Crippen MR) is 106 cm³/mol. The van der Waals surface area contributed by atoms with E-state index in [0.717, 1.165) is 6.42 Å². The largest absolute Gasteiger partial charge is 0.135 e. The van der Waals surface area contributed by atoms with Crippen molar-refractivity contribution in [3.05, 3.63) is 96.1 Å². The highest BCUT2D eigenvalue weighted by Gasteiger charge is 2.08. The van der Waals surface area contributed by atoms with E-state index in [0.29, 0.717) is 0 Å². The van der Waals surface area contributed by atoms with Gasteiger partial charge in [-0.2, -0.15) is 0 Å². The quantitative estimate of drug-likeness (QED) is 0.335. The summed E-state index contributed by atoms with van der Waals surface area (Å²) in [6, 6.07) is 30.9. The number of hydrogen-bond acceptors (Lipinski definition) is 1. The van der Waals surface area contributed by atoms with Crippen LogP contribution >= 0.6 is 11.3 Å². The summed E-state index contributed by atoms with van der Waals surface area (Å²) in [5, 5.41) is 5.40. The Morgan fingerprint density at radius 1 is 0.542 bits per heavy atom. The number of benzene rings is 4. The molecule has 0 radical (unpaired) electrons. The van der Waals surface area contributed by atoms with Crippen molar-refractivity contribution in [2.75, 3.05) is 0 Å². The average Bonchev–Trinajstić information content (AvgIpc) is 2.97. The van der Waals surface area contributed by atoms with Gasteiger partial charge in [-0.1, -0.05) is 60.7 Å². The van der Waals surface area contributed by atoms with Crippen molar-refractivity contribution >= 4 is 42.3 Å². The lowest BCUT2D eigenvalue weighted by Gasteiger charge is -2.03. The summed E-state index contributed by atoms with van der Waals surface area (Å²) in [6.45, 7) is 0. The molecule has 0 bridgehead atoms. The zero-order valence-corrected chi connectivity index (χ0v) is 14.0. The van der Waals surface area contributed by atoms with E-state index in [4.69, 9.17) is 0 Å². The van der Waals surface area contributed by atoms with Gasteiger partial charge in [0.05, 0.1) is 0 Å². The third-order valence-corrected chi connectivity index (χ3v) is 5.79. The SMILES string of the molecule is c1ccc(Cc2ccc3sc4cc5ccccc5cc4c3c2)cc1. The minimum absolute atomic E-state index is 0.988. The lowest BCUT2D eigenvalue weighted by atomic mass is 10.0. The Morgan fingerprint density at radius 3 is 2.08 bits per heavy atom. The minimum Gasteiger partial charge on any atom is -0.135 e. The molecule has 1 heterocycles. The molecule has 0 unspecified atom stereocenters. The molecule has 1 heteroatoms. The van der Waals surface area contributed by atoms with E-state index < -0.39 is 0 Å². The van der Waals surface area contributed by atoms with E-state index in [9.17, 15) is 0 Å². The molecule has 5 aromatic rings. The smallest absolute Gasteiger partial charge is 0.0361 e. The summed E-state index contributed by atoms with van der Waals surface area (Å²) in [5.41, 5.74) is 2.74. The second-order valence-electron chi connectivity index (χ2n) is 6.29. The van der Waals surface area contributed by atoms with Gasteiger partial charge in [0.1, 0.15) is 0 Å². The van der Waals surface area contributed by atoms with Crippen LogP contribution in [0.5, 0.6) is 0 Å². The normalized spacial score (nSPS) is 11.5. The van der Waals surface area contributed by atoms with Gasteiger partial charge in [0.25, 0.3) is 0 Å². The van der Waals surface area contributed by atoms with Crippen LogP contribution < -0.4 is 0 Å². The first-order chi connectivity index (χ1) is 11.9. The van der Waals surface area contributed by atoms with Crippen molar-refractivity contribution in [3.63, 3.8) is 0 Å². The molecule has 0 spiro atoms. The summed E-state index contributed by atoms with van der Waals surface area (Å²) < 4.78 is 2.75. The molecule has 0 saturated carbocycles. The Bertz CT molecular complexity index is 1170. The maximum atomic E-state index is 2.37. The molecular formula is C23H16S. The first-order valence-electron chi connectivity index (χ1n) is 8.25.